The molecular formula is C17H18N2O5S2. The predicted molar refractivity (Wildman–Crippen MR) is 97.8 cm³/mol. The van der Waals surface area contributed by atoms with Gasteiger partial charge in [-0.15, -0.1) is 0 Å². The Labute approximate surface area is 155 Å². The van der Waals surface area contributed by atoms with Crippen LogP contribution in [0.5, 0.6) is 0 Å². The number of hydrogen-bond acceptors (Lipinski definition) is 5. The summed E-state index contributed by atoms with van der Waals surface area (Å²) in [5.74, 6) is -1.67. The first-order chi connectivity index (χ1) is 12.4. The number of nitrogens with one attached hydrogen (secondary N) is 1. The Morgan fingerprint density at radius 3 is 2.46 bits per heavy atom. The summed E-state index contributed by atoms with van der Waals surface area (Å²) in [6, 6.07) is 7.37. The lowest BCUT2D eigenvalue weighted by atomic mass is 9.97. The van der Waals surface area contributed by atoms with Crippen molar-refractivity contribution in [1.82, 2.24) is 4.31 Å². The van der Waals surface area contributed by atoms with Crippen LogP contribution in [0.2, 0.25) is 0 Å². The van der Waals surface area contributed by atoms with Crippen LogP contribution in [0.25, 0.3) is 0 Å². The summed E-state index contributed by atoms with van der Waals surface area (Å²) < 4.78 is 26.9. The van der Waals surface area contributed by atoms with Crippen molar-refractivity contribution in [1.29, 1.82) is 0 Å². The van der Waals surface area contributed by atoms with Crippen LogP contribution in [0.3, 0.4) is 0 Å². The van der Waals surface area contributed by atoms with E-state index in [1.807, 2.05) is 16.8 Å². The van der Waals surface area contributed by atoms with E-state index in [0.29, 0.717) is 12.8 Å². The van der Waals surface area contributed by atoms with Gasteiger partial charge < -0.3 is 10.4 Å². The number of carboxylic acid groups (broad SMARTS) is 1. The molecule has 7 nitrogen and oxygen atoms in total. The predicted octanol–water partition coefficient (Wildman–Crippen LogP) is 2.49. The van der Waals surface area contributed by atoms with E-state index in [9.17, 15) is 23.1 Å². The second kappa shape index (κ2) is 7.56. The van der Waals surface area contributed by atoms with Gasteiger partial charge in [-0.1, -0.05) is 12.1 Å². The molecule has 1 fully saturated rings. The van der Waals surface area contributed by atoms with Crippen LogP contribution in [0.1, 0.15) is 23.2 Å². The molecule has 1 amide bonds. The number of piperidine rings is 1. The summed E-state index contributed by atoms with van der Waals surface area (Å²) in [7, 11) is -3.91. The molecule has 9 heteroatoms. The number of carbonyl (C=O) groups is 2. The first-order valence-corrected chi connectivity index (χ1v) is 10.4. The first-order valence-electron chi connectivity index (χ1n) is 8.05. The van der Waals surface area contributed by atoms with Gasteiger partial charge in [-0.2, -0.15) is 15.6 Å². The van der Waals surface area contributed by atoms with Crippen molar-refractivity contribution in [3.05, 3.63) is 46.7 Å². The molecule has 1 saturated heterocycles. The molecule has 0 spiro atoms. The van der Waals surface area contributed by atoms with Gasteiger partial charge in [0.15, 0.2) is 0 Å². The number of amides is 1. The number of hydrogen-bond donors (Lipinski definition) is 2. The van der Waals surface area contributed by atoms with Crippen LogP contribution in [0.4, 0.5) is 5.69 Å². The van der Waals surface area contributed by atoms with Crippen molar-refractivity contribution in [2.45, 2.75) is 17.7 Å². The Hall–Kier alpha value is -2.23. The van der Waals surface area contributed by atoms with Gasteiger partial charge in [-0.05, 0) is 36.4 Å². The average molecular weight is 394 g/mol. The molecule has 2 aromatic rings. The number of thiophene rings is 1. The third-order valence-electron chi connectivity index (χ3n) is 4.35. The maximum absolute atomic E-state index is 12.8. The normalized spacial score (nSPS) is 16.3. The van der Waals surface area contributed by atoms with Crippen molar-refractivity contribution in [2.75, 3.05) is 18.4 Å². The highest BCUT2D eigenvalue weighted by Crippen LogP contribution is 2.27. The molecule has 1 aromatic carbocycles. The van der Waals surface area contributed by atoms with Crippen LogP contribution in [0.15, 0.2) is 46.0 Å². The number of benzene rings is 1. The summed E-state index contributed by atoms with van der Waals surface area (Å²) in [5, 5.41) is 15.8. The quantitative estimate of drug-likeness (QED) is 0.811. The topological polar surface area (TPSA) is 104 Å². The van der Waals surface area contributed by atoms with E-state index in [0.717, 1.165) is 5.69 Å². The number of carboxylic acids is 1. The maximum atomic E-state index is 12.8. The highest BCUT2D eigenvalue weighted by molar-refractivity contribution is 7.89. The fourth-order valence-corrected chi connectivity index (χ4v) is 5.19. The van der Waals surface area contributed by atoms with Gasteiger partial charge >= 0.3 is 5.97 Å². The zero-order valence-electron chi connectivity index (χ0n) is 13.8. The highest BCUT2D eigenvalue weighted by Gasteiger charge is 2.34. The van der Waals surface area contributed by atoms with Gasteiger partial charge in [0.25, 0.3) is 0 Å². The molecule has 2 N–H and O–H groups in total. The van der Waals surface area contributed by atoms with E-state index in [1.165, 1.54) is 39.9 Å². The molecule has 0 unspecified atom stereocenters. The molecule has 3 rings (SSSR count). The van der Waals surface area contributed by atoms with E-state index in [1.54, 1.807) is 0 Å². The van der Waals surface area contributed by atoms with Crippen molar-refractivity contribution < 1.29 is 23.1 Å². The number of carbonyl (C=O) groups excluding carboxylic acids is 1. The summed E-state index contributed by atoms with van der Waals surface area (Å²) in [6.07, 6.45) is 0.787. The largest absolute Gasteiger partial charge is 0.478 e. The van der Waals surface area contributed by atoms with Crippen molar-refractivity contribution in [3.8, 4) is 0 Å². The third-order valence-corrected chi connectivity index (χ3v) is 6.99. The van der Waals surface area contributed by atoms with E-state index in [2.05, 4.69) is 5.32 Å². The SMILES string of the molecule is O=C(O)c1ccccc1S(=O)(=O)N1CCC(C(=O)Nc2ccsc2)CC1. The number of rotatable bonds is 5. The zero-order chi connectivity index (χ0) is 18.7. The van der Waals surface area contributed by atoms with Crippen molar-refractivity contribution in [2.24, 2.45) is 5.92 Å². The maximum Gasteiger partial charge on any atom is 0.337 e. The Kier molecular flexibility index (Phi) is 5.40. The third kappa shape index (κ3) is 3.79. The standard InChI is InChI=1S/C17H18N2O5S2/c20-16(18-13-7-10-25-11-13)12-5-8-19(9-6-12)26(23,24)15-4-2-1-3-14(15)17(21)22/h1-4,7,10-12H,5-6,8-9H2,(H,18,20)(H,21,22). The first kappa shape index (κ1) is 18.6. The van der Waals surface area contributed by atoms with Crippen LogP contribution in [-0.4, -0.2) is 42.8 Å². The monoisotopic (exact) mass is 394 g/mol. The molecular weight excluding hydrogens is 376 g/mol. The smallest absolute Gasteiger partial charge is 0.337 e. The second-order valence-electron chi connectivity index (χ2n) is 5.98. The van der Waals surface area contributed by atoms with Gasteiger partial charge in [0, 0.05) is 24.4 Å². The van der Waals surface area contributed by atoms with Gasteiger partial charge in [0.05, 0.1) is 16.1 Å². The molecule has 0 radical (unpaired) electrons. The summed E-state index contributed by atoms with van der Waals surface area (Å²) in [5.41, 5.74) is 0.496. The number of sulfonamides is 1. The van der Waals surface area contributed by atoms with Crippen LogP contribution >= 0.6 is 11.3 Å². The Bertz CT molecular complexity index is 901. The lowest BCUT2D eigenvalue weighted by Gasteiger charge is -2.30. The number of aromatic carboxylic acids is 1. The molecule has 26 heavy (non-hydrogen) atoms. The summed E-state index contributed by atoms with van der Waals surface area (Å²) in [4.78, 5) is 23.4. The average Bonchev–Trinajstić information content (AvgIpc) is 3.14. The molecule has 0 aliphatic carbocycles. The van der Waals surface area contributed by atoms with Crippen LogP contribution in [0, 0.1) is 5.92 Å². The van der Waals surface area contributed by atoms with Gasteiger partial charge in [0.2, 0.25) is 15.9 Å². The Morgan fingerprint density at radius 1 is 1.15 bits per heavy atom. The molecule has 2 heterocycles. The van der Waals surface area contributed by atoms with Gasteiger partial charge in [0.1, 0.15) is 0 Å². The number of anilines is 1. The Morgan fingerprint density at radius 2 is 1.85 bits per heavy atom. The summed E-state index contributed by atoms with van der Waals surface area (Å²) in [6.45, 7) is 0.357. The minimum Gasteiger partial charge on any atom is -0.478 e. The minimum absolute atomic E-state index is 0.119. The number of nitrogens with zero attached hydrogens (tertiary/aromatic N) is 1. The van der Waals surface area contributed by atoms with Crippen molar-refractivity contribution >= 4 is 38.9 Å². The lowest BCUT2D eigenvalue weighted by molar-refractivity contribution is -0.120. The molecule has 0 atom stereocenters. The second-order valence-corrected chi connectivity index (χ2v) is 8.67. The molecule has 1 aromatic heterocycles. The molecule has 0 saturated carbocycles. The Balaban J connectivity index is 1.69. The van der Waals surface area contributed by atoms with Crippen LogP contribution in [-0.2, 0) is 14.8 Å². The molecule has 0 bridgehead atoms. The molecule has 1 aliphatic heterocycles. The van der Waals surface area contributed by atoms with Gasteiger partial charge in [-0.25, -0.2) is 13.2 Å². The fourth-order valence-electron chi connectivity index (χ4n) is 2.95. The van der Waals surface area contributed by atoms with E-state index in [4.69, 9.17) is 0 Å². The van der Waals surface area contributed by atoms with Gasteiger partial charge in [-0.3, -0.25) is 4.79 Å². The summed E-state index contributed by atoms with van der Waals surface area (Å²) >= 11 is 1.48. The highest BCUT2D eigenvalue weighted by atomic mass is 32.2. The fraction of sp³-hybridized carbons (Fsp3) is 0.294. The van der Waals surface area contributed by atoms with E-state index < -0.39 is 16.0 Å². The zero-order valence-corrected chi connectivity index (χ0v) is 15.4. The molecule has 1 aliphatic rings. The van der Waals surface area contributed by atoms with Crippen molar-refractivity contribution in [3.63, 3.8) is 0 Å². The van der Waals surface area contributed by atoms with Crippen LogP contribution < -0.4 is 5.32 Å². The van der Waals surface area contributed by atoms with E-state index >= 15 is 0 Å². The molecule has 138 valence electrons. The minimum atomic E-state index is -3.91. The van der Waals surface area contributed by atoms with E-state index in [-0.39, 0.29) is 35.4 Å². The lowest BCUT2D eigenvalue weighted by Crippen LogP contribution is -2.41.